The van der Waals surface area contributed by atoms with Crippen molar-refractivity contribution >= 4 is 28.3 Å². The third-order valence-electron chi connectivity index (χ3n) is 7.34. The van der Waals surface area contributed by atoms with E-state index in [4.69, 9.17) is 5.10 Å². The number of halogens is 2. The number of anilines is 2. The Kier molecular flexibility index (Phi) is 6.24. The summed E-state index contributed by atoms with van der Waals surface area (Å²) in [6, 6.07) is 9.27. The molecule has 1 aliphatic heterocycles. The van der Waals surface area contributed by atoms with E-state index in [1.54, 1.807) is 42.1 Å². The number of aromatic nitrogens is 3. The van der Waals surface area contributed by atoms with E-state index in [-0.39, 0.29) is 49.4 Å². The molecule has 0 spiro atoms. The van der Waals surface area contributed by atoms with Crippen LogP contribution in [0.1, 0.15) is 60.5 Å². The third kappa shape index (κ3) is 4.45. The van der Waals surface area contributed by atoms with Crippen LogP contribution < -0.4 is 10.9 Å². The SMILES string of the molecule is Cc1cc(Nc2nn(C3CCCCC3C#N)c3cc[nH]c(=O)c23)ccc1C(=O)N1CCC(F)(F)CC1. The molecule has 36 heavy (non-hydrogen) atoms. The summed E-state index contributed by atoms with van der Waals surface area (Å²) in [5.41, 5.74) is 2.18. The minimum absolute atomic E-state index is 0.0301. The number of amides is 1. The van der Waals surface area contributed by atoms with Crippen molar-refractivity contribution in [3.8, 4) is 6.07 Å². The average molecular weight is 495 g/mol. The van der Waals surface area contributed by atoms with E-state index < -0.39 is 5.92 Å². The Morgan fingerprint density at radius 1 is 1.22 bits per heavy atom. The molecule has 3 heterocycles. The third-order valence-corrected chi connectivity index (χ3v) is 7.34. The molecular formula is C26H28F2N6O2. The number of carbonyl (C=O) groups is 1. The van der Waals surface area contributed by atoms with Crippen LogP contribution >= 0.6 is 0 Å². The number of likely N-dealkylation sites (tertiary alicyclic amines) is 1. The number of H-pyrrole nitrogens is 1. The first-order valence-corrected chi connectivity index (χ1v) is 12.3. The van der Waals surface area contributed by atoms with Crippen LogP contribution in [0.5, 0.6) is 0 Å². The van der Waals surface area contributed by atoms with Crippen LogP contribution in [0.4, 0.5) is 20.3 Å². The Balaban J connectivity index is 1.43. The van der Waals surface area contributed by atoms with Gasteiger partial charge in [0.1, 0.15) is 5.39 Å². The number of alkyl halides is 2. The second kappa shape index (κ2) is 9.37. The second-order valence-corrected chi connectivity index (χ2v) is 9.75. The molecule has 3 aromatic rings. The highest BCUT2D eigenvalue weighted by Gasteiger charge is 2.36. The molecule has 2 aliphatic rings. The quantitative estimate of drug-likeness (QED) is 0.536. The van der Waals surface area contributed by atoms with Crippen LogP contribution in [0, 0.1) is 24.2 Å². The number of rotatable bonds is 4. The van der Waals surface area contributed by atoms with Gasteiger partial charge >= 0.3 is 0 Å². The van der Waals surface area contributed by atoms with Gasteiger partial charge in [0.2, 0.25) is 0 Å². The molecule has 2 atom stereocenters. The fourth-order valence-corrected chi connectivity index (χ4v) is 5.32. The van der Waals surface area contributed by atoms with Gasteiger partial charge in [-0.05, 0) is 49.6 Å². The summed E-state index contributed by atoms with van der Waals surface area (Å²) >= 11 is 0. The maximum Gasteiger partial charge on any atom is 0.261 e. The highest BCUT2D eigenvalue weighted by molar-refractivity contribution is 5.96. The van der Waals surface area contributed by atoms with Crippen molar-refractivity contribution in [3.05, 3.63) is 51.9 Å². The van der Waals surface area contributed by atoms with Gasteiger partial charge in [0.05, 0.1) is 23.5 Å². The molecule has 0 bridgehead atoms. The van der Waals surface area contributed by atoms with E-state index in [2.05, 4.69) is 16.4 Å². The lowest BCUT2D eigenvalue weighted by atomic mass is 9.85. The van der Waals surface area contributed by atoms with Crippen molar-refractivity contribution in [2.75, 3.05) is 18.4 Å². The minimum atomic E-state index is -2.71. The number of aryl methyl sites for hydroxylation is 1. The highest BCUT2D eigenvalue weighted by atomic mass is 19.3. The molecule has 2 unspecified atom stereocenters. The Labute approximate surface area is 206 Å². The predicted molar refractivity (Wildman–Crippen MR) is 132 cm³/mol. The van der Waals surface area contributed by atoms with Crippen LogP contribution in [0.25, 0.3) is 10.9 Å². The molecule has 0 radical (unpaired) electrons. The van der Waals surface area contributed by atoms with Gasteiger partial charge < -0.3 is 15.2 Å². The van der Waals surface area contributed by atoms with E-state index >= 15 is 0 Å². The molecule has 2 aromatic heterocycles. The maximum absolute atomic E-state index is 13.5. The zero-order valence-corrected chi connectivity index (χ0v) is 20.1. The predicted octanol–water partition coefficient (Wildman–Crippen LogP) is 4.90. The fourth-order valence-electron chi connectivity index (χ4n) is 5.32. The second-order valence-electron chi connectivity index (χ2n) is 9.75. The zero-order chi connectivity index (χ0) is 25.4. The van der Waals surface area contributed by atoms with Gasteiger partial charge in [0, 0.05) is 43.4 Å². The molecule has 2 fully saturated rings. The molecule has 188 valence electrons. The summed E-state index contributed by atoms with van der Waals surface area (Å²) in [7, 11) is 0. The Hall–Kier alpha value is -3.74. The number of fused-ring (bicyclic) bond motifs is 1. The summed E-state index contributed by atoms with van der Waals surface area (Å²) in [5, 5.41) is 18.0. The maximum atomic E-state index is 13.5. The fraction of sp³-hybridized carbons (Fsp3) is 0.462. The molecule has 5 rings (SSSR count). The molecule has 1 aromatic carbocycles. The van der Waals surface area contributed by atoms with Crippen LogP contribution in [-0.4, -0.2) is 44.6 Å². The summed E-state index contributed by atoms with van der Waals surface area (Å²) in [4.78, 5) is 29.9. The van der Waals surface area contributed by atoms with Crippen LogP contribution in [0.2, 0.25) is 0 Å². The number of aromatic amines is 1. The first-order chi connectivity index (χ1) is 17.3. The lowest BCUT2D eigenvalue weighted by Crippen LogP contribution is -2.42. The van der Waals surface area contributed by atoms with Crippen molar-refractivity contribution in [1.82, 2.24) is 19.7 Å². The van der Waals surface area contributed by atoms with Gasteiger partial charge in [-0.2, -0.15) is 10.4 Å². The summed E-state index contributed by atoms with van der Waals surface area (Å²) in [6.07, 6.45) is 4.56. The molecule has 10 heteroatoms. The number of hydrogen-bond acceptors (Lipinski definition) is 5. The summed E-state index contributed by atoms with van der Waals surface area (Å²) in [5.74, 6) is -2.77. The summed E-state index contributed by atoms with van der Waals surface area (Å²) < 4.78 is 28.8. The Morgan fingerprint density at radius 2 is 1.97 bits per heavy atom. The lowest BCUT2D eigenvalue weighted by molar-refractivity contribution is -0.0494. The van der Waals surface area contributed by atoms with E-state index in [9.17, 15) is 23.6 Å². The van der Waals surface area contributed by atoms with Crippen LogP contribution in [0.3, 0.4) is 0 Å². The first-order valence-electron chi connectivity index (χ1n) is 12.3. The van der Waals surface area contributed by atoms with Crippen molar-refractivity contribution in [1.29, 1.82) is 5.26 Å². The van der Waals surface area contributed by atoms with Gasteiger partial charge in [-0.15, -0.1) is 0 Å². The van der Waals surface area contributed by atoms with Gasteiger partial charge in [0.15, 0.2) is 5.82 Å². The largest absolute Gasteiger partial charge is 0.338 e. The van der Waals surface area contributed by atoms with Crippen LogP contribution in [-0.2, 0) is 0 Å². The molecular weight excluding hydrogens is 466 g/mol. The van der Waals surface area contributed by atoms with E-state index in [0.717, 1.165) is 25.7 Å². The van der Waals surface area contributed by atoms with Gasteiger partial charge in [-0.25, -0.2) is 8.78 Å². The van der Waals surface area contributed by atoms with E-state index in [1.807, 2.05) is 0 Å². The monoisotopic (exact) mass is 494 g/mol. The van der Waals surface area contributed by atoms with Crippen molar-refractivity contribution in [2.24, 2.45) is 5.92 Å². The van der Waals surface area contributed by atoms with Crippen LogP contribution in [0.15, 0.2) is 35.3 Å². The van der Waals surface area contributed by atoms with Gasteiger partial charge in [-0.1, -0.05) is 12.8 Å². The number of carbonyl (C=O) groups excluding carboxylic acids is 1. The van der Waals surface area contributed by atoms with E-state index in [1.165, 1.54) is 4.90 Å². The normalized spacial score (nSPS) is 21.8. The molecule has 2 N–H and O–H groups in total. The lowest BCUT2D eigenvalue weighted by Gasteiger charge is -2.32. The van der Waals surface area contributed by atoms with Gasteiger partial charge in [-0.3, -0.25) is 14.3 Å². The molecule has 1 aliphatic carbocycles. The number of hydrogen-bond donors (Lipinski definition) is 2. The first kappa shape index (κ1) is 24.0. The number of pyridine rings is 1. The van der Waals surface area contributed by atoms with Crippen molar-refractivity contribution in [3.63, 3.8) is 0 Å². The molecule has 8 nitrogen and oxygen atoms in total. The standard InChI is InChI=1S/C26H28F2N6O2/c1-16-14-18(6-7-19(16)25(36)33-12-9-26(27,28)10-13-33)31-23-22-21(8-11-30-24(22)35)34(32-23)20-5-3-2-4-17(20)15-29/h6-8,11,14,17,20H,2-5,9-10,12-13H2,1H3,(H,30,35)(H,31,32). The average Bonchev–Trinajstić information content (AvgIpc) is 3.23. The minimum Gasteiger partial charge on any atom is -0.338 e. The number of piperidine rings is 1. The topological polar surface area (TPSA) is 107 Å². The Morgan fingerprint density at radius 3 is 2.69 bits per heavy atom. The smallest absolute Gasteiger partial charge is 0.261 e. The number of nitrogens with zero attached hydrogens (tertiary/aromatic N) is 4. The number of nitriles is 1. The molecule has 1 amide bonds. The zero-order valence-electron chi connectivity index (χ0n) is 20.1. The van der Waals surface area contributed by atoms with Crippen molar-refractivity contribution in [2.45, 2.75) is 57.4 Å². The highest BCUT2D eigenvalue weighted by Crippen LogP contribution is 2.37. The Bertz CT molecular complexity index is 1400. The van der Waals surface area contributed by atoms with Crippen molar-refractivity contribution < 1.29 is 13.6 Å². The van der Waals surface area contributed by atoms with Gasteiger partial charge in [0.25, 0.3) is 17.4 Å². The number of benzene rings is 1. The molecule has 1 saturated carbocycles. The van der Waals surface area contributed by atoms with E-state index in [0.29, 0.717) is 33.5 Å². The molecule has 1 saturated heterocycles. The number of nitrogens with one attached hydrogen (secondary N) is 2. The summed E-state index contributed by atoms with van der Waals surface area (Å²) in [6.45, 7) is 1.85.